The summed E-state index contributed by atoms with van der Waals surface area (Å²) in [5, 5.41) is 4.57. The third-order valence-electron chi connectivity index (χ3n) is 4.78. The van der Waals surface area contributed by atoms with Crippen molar-refractivity contribution in [2.45, 2.75) is 38.1 Å². The Morgan fingerprint density at radius 2 is 1.72 bits per heavy atom. The number of hydrogen-bond donors (Lipinski definition) is 3. The molecule has 1 aliphatic rings. The van der Waals surface area contributed by atoms with Crippen LogP contribution in [-0.4, -0.2) is 21.0 Å². The fraction of sp³-hybridized carbons (Fsp3) is 0.316. The highest BCUT2D eigenvalue weighted by Gasteiger charge is 2.16. The van der Waals surface area contributed by atoms with Gasteiger partial charge in [-0.15, -0.1) is 0 Å². The van der Waals surface area contributed by atoms with Crippen LogP contribution in [0.15, 0.2) is 36.5 Å². The van der Waals surface area contributed by atoms with Gasteiger partial charge in [0.25, 0.3) is 0 Å². The number of nitrogen functional groups attached to an aromatic ring is 2. The molecule has 0 aliphatic heterocycles. The van der Waals surface area contributed by atoms with Gasteiger partial charge in [-0.3, -0.25) is 0 Å². The van der Waals surface area contributed by atoms with Crippen LogP contribution in [0.25, 0.3) is 22.0 Å². The number of benzene rings is 1. The minimum atomic E-state index is 0.299. The van der Waals surface area contributed by atoms with Gasteiger partial charge < -0.3 is 16.8 Å². The van der Waals surface area contributed by atoms with Crippen LogP contribution in [0.4, 0.5) is 17.6 Å². The lowest BCUT2D eigenvalue weighted by atomic mass is 9.95. The molecule has 3 aromatic rings. The van der Waals surface area contributed by atoms with Gasteiger partial charge in [0, 0.05) is 23.2 Å². The van der Waals surface area contributed by atoms with Gasteiger partial charge in [0.15, 0.2) is 0 Å². The summed E-state index contributed by atoms with van der Waals surface area (Å²) in [5.41, 5.74) is 14.5. The van der Waals surface area contributed by atoms with Crippen molar-refractivity contribution in [1.29, 1.82) is 0 Å². The van der Waals surface area contributed by atoms with Crippen LogP contribution in [0, 0.1) is 0 Å². The van der Waals surface area contributed by atoms with Crippen molar-refractivity contribution in [2.24, 2.45) is 0 Å². The second-order valence-corrected chi connectivity index (χ2v) is 6.61. The Kier molecular flexibility index (Phi) is 4.09. The van der Waals surface area contributed by atoms with E-state index < -0.39 is 0 Å². The average Bonchev–Trinajstić information content (AvgIpc) is 2.63. The van der Waals surface area contributed by atoms with E-state index in [9.17, 15) is 0 Å². The molecule has 2 heterocycles. The lowest BCUT2D eigenvalue weighted by molar-refractivity contribution is 0.462. The van der Waals surface area contributed by atoms with Gasteiger partial charge in [-0.2, -0.15) is 4.98 Å². The predicted molar refractivity (Wildman–Crippen MR) is 102 cm³/mol. The molecule has 128 valence electrons. The first-order valence-electron chi connectivity index (χ1n) is 8.75. The molecular formula is C19H22N6. The Morgan fingerprint density at radius 1 is 0.920 bits per heavy atom. The molecule has 25 heavy (non-hydrogen) atoms. The van der Waals surface area contributed by atoms with Gasteiger partial charge in [-0.1, -0.05) is 25.3 Å². The van der Waals surface area contributed by atoms with Gasteiger partial charge >= 0.3 is 0 Å². The zero-order chi connectivity index (χ0) is 17.2. The first-order valence-corrected chi connectivity index (χ1v) is 8.75. The molecule has 6 heteroatoms. The van der Waals surface area contributed by atoms with E-state index in [1.807, 2.05) is 18.2 Å². The molecule has 0 saturated heterocycles. The summed E-state index contributed by atoms with van der Waals surface area (Å²) in [6.07, 6.45) is 7.97. The number of nitrogens with one attached hydrogen (secondary N) is 1. The van der Waals surface area contributed by atoms with Crippen LogP contribution in [0.1, 0.15) is 32.1 Å². The number of pyridine rings is 1. The summed E-state index contributed by atoms with van der Waals surface area (Å²) in [5.74, 6) is 1.63. The molecule has 0 bridgehead atoms. The highest BCUT2D eigenvalue weighted by molar-refractivity contribution is 5.93. The number of rotatable bonds is 3. The molecule has 0 radical (unpaired) electrons. The van der Waals surface area contributed by atoms with Gasteiger partial charge in [0.05, 0.1) is 5.52 Å². The van der Waals surface area contributed by atoms with E-state index in [4.69, 9.17) is 11.5 Å². The first-order chi connectivity index (χ1) is 12.2. The van der Waals surface area contributed by atoms with E-state index in [1.165, 1.54) is 32.1 Å². The van der Waals surface area contributed by atoms with Crippen LogP contribution in [-0.2, 0) is 0 Å². The quantitative estimate of drug-likeness (QED) is 0.676. The van der Waals surface area contributed by atoms with E-state index in [0.717, 1.165) is 27.8 Å². The number of fused-ring (bicyclic) bond motifs is 1. The molecule has 4 rings (SSSR count). The van der Waals surface area contributed by atoms with Crippen molar-refractivity contribution >= 4 is 28.5 Å². The van der Waals surface area contributed by atoms with E-state index in [1.54, 1.807) is 12.3 Å². The maximum absolute atomic E-state index is 5.91. The summed E-state index contributed by atoms with van der Waals surface area (Å²) in [4.78, 5) is 13.0. The van der Waals surface area contributed by atoms with Crippen LogP contribution in [0.2, 0.25) is 0 Å². The molecule has 0 unspecified atom stereocenters. The lowest BCUT2D eigenvalue weighted by Gasteiger charge is -2.24. The van der Waals surface area contributed by atoms with Crippen molar-refractivity contribution < 1.29 is 0 Å². The van der Waals surface area contributed by atoms with Crippen molar-refractivity contribution in [3.63, 3.8) is 0 Å². The smallest absolute Gasteiger partial charge is 0.222 e. The molecule has 1 aliphatic carbocycles. The molecular weight excluding hydrogens is 312 g/mol. The highest BCUT2D eigenvalue weighted by atomic mass is 15.1. The molecule has 0 atom stereocenters. The fourth-order valence-corrected chi connectivity index (χ4v) is 3.45. The first kappa shape index (κ1) is 15.6. The largest absolute Gasteiger partial charge is 0.384 e. The minimum absolute atomic E-state index is 0.299. The number of hydrogen-bond acceptors (Lipinski definition) is 6. The van der Waals surface area contributed by atoms with Crippen molar-refractivity contribution in [1.82, 2.24) is 15.0 Å². The summed E-state index contributed by atoms with van der Waals surface area (Å²) >= 11 is 0. The van der Waals surface area contributed by atoms with E-state index in [-0.39, 0.29) is 0 Å². The van der Waals surface area contributed by atoms with Gasteiger partial charge in [0.2, 0.25) is 5.95 Å². The van der Waals surface area contributed by atoms with Crippen molar-refractivity contribution in [3.8, 4) is 11.1 Å². The maximum Gasteiger partial charge on any atom is 0.222 e. The lowest BCUT2D eigenvalue weighted by Crippen LogP contribution is -2.23. The van der Waals surface area contributed by atoms with E-state index >= 15 is 0 Å². The molecule has 0 spiro atoms. The van der Waals surface area contributed by atoms with Gasteiger partial charge in [-0.25, -0.2) is 9.97 Å². The Bertz CT molecular complexity index is 884. The molecule has 6 nitrogen and oxygen atoms in total. The van der Waals surface area contributed by atoms with Gasteiger partial charge in [-0.05, 0) is 42.7 Å². The summed E-state index contributed by atoms with van der Waals surface area (Å²) < 4.78 is 0. The normalized spacial score (nSPS) is 15.4. The molecule has 2 aromatic heterocycles. The molecule has 1 saturated carbocycles. The molecule has 1 fully saturated rings. The van der Waals surface area contributed by atoms with E-state index in [2.05, 4.69) is 26.3 Å². The zero-order valence-corrected chi connectivity index (χ0v) is 14.1. The fourth-order valence-electron chi connectivity index (χ4n) is 3.45. The van der Waals surface area contributed by atoms with E-state index in [0.29, 0.717) is 17.8 Å². The Balaban J connectivity index is 1.75. The van der Waals surface area contributed by atoms with Crippen LogP contribution < -0.4 is 16.8 Å². The standard InChI is InChI=1S/C19H22N6/c20-17-9-7-13(11-22-17)12-6-8-16-15(10-12)18(25-19(21)24-16)23-14-4-2-1-3-5-14/h6-11,14H,1-5H2,(H2,20,22)(H3,21,23,24,25). The summed E-state index contributed by atoms with van der Waals surface area (Å²) in [7, 11) is 0. The Hall–Kier alpha value is -2.89. The number of nitrogens with zero attached hydrogens (tertiary/aromatic N) is 3. The molecule has 0 amide bonds. The van der Waals surface area contributed by atoms with Crippen LogP contribution in [0.3, 0.4) is 0 Å². The third kappa shape index (κ3) is 3.33. The van der Waals surface area contributed by atoms with Crippen molar-refractivity contribution in [2.75, 3.05) is 16.8 Å². The highest BCUT2D eigenvalue weighted by Crippen LogP contribution is 2.30. The van der Waals surface area contributed by atoms with Gasteiger partial charge in [0.1, 0.15) is 11.6 Å². The van der Waals surface area contributed by atoms with Crippen LogP contribution in [0.5, 0.6) is 0 Å². The predicted octanol–water partition coefficient (Wildman–Crippen LogP) is 3.60. The number of aromatic nitrogens is 3. The number of nitrogens with two attached hydrogens (primary N) is 2. The third-order valence-corrected chi connectivity index (χ3v) is 4.78. The second-order valence-electron chi connectivity index (χ2n) is 6.61. The Morgan fingerprint density at radius 3 is 2.48 bits per heavy atom. The summed E-state index contributed by atoms with van der Waals surface area (Å²) in [6.45, 7) is 0. The maximum atomic E-state index is 5.91. The molecule has 1 aromatic carbocycles. The minimum Gasteiger partial charge on any atom is -0.384 e. The molecule has 5 N–H and O–H groups in total. The second kappa shape index (κ2) is 6.55. The monoisotopic (exact) mass is 334 g/mol. The summed E-state index contributed by atoms with van der Waals surface area (Å²) in [6, 6.07) is 10.3. The SMILES string of the molecule is Nc1ccc(-c2ccc3nc(N)nc(NC4CCCCC4)c3c2)cn1. The topological polar surface area (TPSA) is 103 Å². The Labute approximate surface area is 146 Å². The van der Waals surface area contributed by atoms with Crippen molar-refractivity contribution in [3.05, 3.63) is 36.5 Å². The number of anilines is 3. The van der Waals surface area contributed by atoms with Crippen LogP contribution >= 0.6 is 0 Å². The zero-order valence-electron chi connectivity index (χ0n) is 14.1. The average molecular weight is 334 g/mol.